The van der Waals surface area contributed by atoms with E-state index in [1.807, 2.05) is 4.90 Å². The Hall–Kier alpha value is -4.02. The lowest BCUT2D eigenvalue weighted by Gasteiger charge is -2.46. The van der Waals surface area contributed by atoms with Crippen molar-refractivity contribution in [3.8, 4) is 11.7 Å². The van der Waals surface area contributed by atoms with E-state index in [1.165, 1.54) is 24.2 Å². The molecule has 2 aliphatic heterocycles. The summed E-state index contributed by atoms with van der Waals surface area (Å²) in [4.78, 5) is 28.7. The summed E-state index contributed by atoms with van der Waals surface area (Å²) in [5.74, 6) is -0.0788. The predicted octanol–water partition coefficient (Wildman–Crippen LogP) is 0.978. The van der Waals surface area contributed by atoms with E-state index in [4.69, 9.17) is 16.0 Å². The molecule has 1 aromatic carbocycles. The molecule has 2 aromatic heterocycles. The van der Waals surface area contributed by atoms with Crippen LogP contribution in [-0.2, 0) is 16.0 Å². The molecule has 0 N–H and O–H groups in total. The molecule has 180 valence electrons. The van der Waals surface area contributed by atoms with Crippen molar-refractivity contribution in [3.63, 3.8) is 0 Å². The number of fused-ring (bicyclic) bond motifs is 1. The van der Waals surface area contributed by atoms with Gasteiger partial charge in [0, 0.05) is 44.1 Å². The summed E-state index contributed by atoms with van der Waals surface area (Å²) < 4.78 is 26.8. The number of ether oxygens (including phenoxy) is 2. The van der Waals surface area contributed by atoms with Gasteiger partial charge in [-0.05, 0) is 22.1 Å². The smallest absolute Gasteiger partial charge is 0.263 e. The summed E-state index contributed by atoms with van der Waals surface area (Å²) in [6.07, 6.45) is 4.44. The molecule has 2 fully saturated rings. The van der Waals surface area contributed by atoms with Crippen LogP contribution in [0.1, 0.15) is 17.2 Å². The molecule has 12 nitrogen and oxygen atoms in total. The van der Waals surface area contributed by atoms with Crippen LogP contribution in [0.4, 0.5) is 10.1 Å². The molecule has 0 unspecified atom stereocenters. The number of methoxy groups -OCH3 is 1. The number of amides is 1. The number of hydrogen-bond acceptors (Lipinski definition) is 9. The number of tetrazole rings is 1. The Labute approximate surface area is 200 Å². The summed E-state index contributed by atoms with van der Waals surface area (Å²) in [7, 11) is 1.42. The Morgan fingerprint density at radius 3 is 2.83 bits per heavy atom. The molecule has 1 amide bonds. The highest BCUT2D eigenvalue weighted by molar-refractivity contribution is 5.78. The van der Waals surface area contributed by atoms with Crippen molar-refractivity contribution in [2.75, 3.05) is 39.9 Å². The van der Waals surface area contributed by atoms with E-state index in [-0.39, 0.29) is 35.9 Å². The standard InChI is InChI=1S/C22H22FN9O3/c1-24-20-17(23)4-3-16(21(20)34-2)18-11-30-5-6-31(10-15(30)12-35-18)19(33)7-14-8-25-22(26-9-14)32-13-27-28-29-32/h3-4,8-9,13,15,18H,5-7,10-12H2,2H3/t15-,18-/m0/s1. The van der Waals surface area contributed by atoms with E-state index in [0.717, 1.165) is 0 Å². The third-order valence-corrected chi connectivity index (χ3v) is 6.22. The second kappa shape index (κ2) is 9.69. The molecule has 0 aliphatic carbocycles. The van der Waals surface area contributed by atoms with Gasteiger partial charge in [0.2, 0.25) is 5.91 Å². The number of carbonyl (C=O) groups excluding carboxylic acids is 1. The second-order valence-corrected chi connectivity index (χ2v) is 8.26. The maximum absolute atomic E-state index is 14.0. The lowest BCUT2D eigenvalue weighted by atomic mass is 10.0. The van der Waals surface area contributed by atoms with Crippen molar-refractivity contribution in [2.24, 2.45) is 0 Å². The number of hydrogen-bond donors (Lipinski definition) is 0. The summed E-state index contributed by atoms with van der Waals surface area (Å²) in [5, 5.41) is 10.8. The van der Waals surface area contributed by atoms with Gasteiger partial charge in [-0.2, -0.15) is 4.68 Å². The zero-order valence-electron chi connectivity index (χ0n) is 18.9. The fourth-order valence-corrected chi connectivity index (χ4v) is 4.43. The second-order valence-electron chi connectivity index (χ2n) is 8.26. The molecule has 0 spiro atoms. The van der Waals surface area contributed by atoms with Crippen LogP contribution in [0.3, 0.4) is 0 Å². The maximum Gasteiger partial charge on any atom is 0.263 e. The first-order valence-electron chi connectivity index (χ1n) is 11.0. The van der Waals surface area contributed by atoms with Gasteiger partial charge in [0.05, 0.1) is 38.9 Å². The van der Waals surface area contributed by atoms with Crippen LogP contribution in [-0.4, -0.2) is 91.8 Å². The van der Waals surface area contributed by atoms with Gasteiger partial charge < -0.3 is 14.4 Å². The normalized spacial score (nSPS) is 20.2. The molecule has 13 heteroatoms. The van der Waals surface area contributed by atoms with Crippen molar-refractivity contribution in [3.05, 3.63) is 59.2 Å². The van der Waals surface area contributed by atoms with Gasteiger partial charge in [-0.1, -0.05) is 6.07 Å². The van der Waals surface area contributed by atoms with E-state index in [2.05, 4.69) is 35.2 Å². The highest BCUT2D eigenvalue weighted by atomic mass is 19.1. The number of nitrogens with zero attached hydrogens (tertiary/aromatic N) is 9. The molecule has 35 heavy (non-hydrogen) atoms. The van der Waals surface area contributed by atoms with E-state index in [1.54, 1.807) is 18.5 Å². The largest absolute Gasteiger partial charge is 0.507 e. The Bertz CT molecular complexity index is 1250. The lowest BCUT2D eigenvalue weighted by molar-refractivity contribution is -0.139. The SMILES string of the molecule is [C-]#[N+]c1c(F)ccc([C@@H]2CN3CCN(C(=O)Cc4cnc(-n5cnnn5)nc4)C[C@H]3CO2)c1OC. The quantitative estimate of drug-likeness (QED) is 0.494. The van der Waals surface area contributed by atoms with E-state index >= 15 is 0 Å². The van der Waals surface area contributed by atoms with Crippen LogP contribution in [0.25, 0.3) is 10.8 Å². The first-order valence-corrected chi connectivity index (χ1v) is 11.0. The average Bonchev–Trinajstić information content (AvgIpc) is 3.43. The van der Waals surface area contributed by atoms with E-state index in [9.17, 15) is 9.18 Å². The fourth-order valence-electron chi connectivity index (χ4n) is 4.43. The van der Waals surface area contributed by atoms with Crippen LogP contribution in [0, 0.1) is 12.4 Å². The number of rotatable bonds is 5. The third-order valence-electron chi connectivity index (χ3n) is 6.22. The van der Waals surface area contributed by atoms with Crippen LogP contribution in [0.15, 0.2) is 30.9 Å². The maximum atomic E-state index is 14.0. The zero-order chi connectivity index (χ0) is 24.4. The molecule has 4 heterocycles. The number of halogens is 1. The zero-order valence-corrected chi connectivity index (χ0v) is 18.9. The monoisotopic (exact) mass is 479 g/mol. The highest BCUT2D eigenvalue weighted by Gasteiger charge is 2.36. The topological polar surface area (TPSA) is 116 Å². The Morgan fingerprint density at radius 1 is 1.29 bits per heavy atom. The Morgan fingerprint density at radius 2 is 2.11 bits per heavy atom. The first-order chi connectivity index (χ1) is 17.1. The number of carbonyl (C=O) groups is 1. The minimum Gasteiger partial charge on any atom is -0.507 e. The van der Waals surface area contributed by atoms with Gasteiger partial charge in [-0.3, -0.25) is 9.69 Å². The molecular weight excluding hydrogens is 457 g/mol. The van der Waals surface area contributed by atoms with Crippen molar-refractivity contribution >= 4 is 11.6 Å². The third kappa shape index (κ3) is 4.53. The van der Waals surface area contributed by atoms with Gasteiger partial charge in [-0.15, -0.1) is 5.10 Å². The minimum atomic E-state index is -0.614. The van der Waals surface area contributed by atoms with Crippen LogP contribution < -0.4 is 4.74 Å². The lowest BCUT2D eigenvalue weighted by Crippen LogP contribution is -2.59. The molecule has 0 radical (unpaired) electrons. The summed E-state index contributed by atoms with van der Waals surface area (Å²) >= 11 is 0. The van der Waals surface area contributed by atoms with Gasteiger partial charge in [0.15, 0.2) is 0 Å². The molecule has 5 rings (SSSR count). The number of benzene rings is 1. The Balaban J connectivity index is 1.20. The molecule has 0 bridgehead atoms. The number of aromatic nitrogens is 6. The van der Waals surface area contributed by atoms with E-state index < -0.39 is 5.82 Å². The van der Waals surface area contributed by atoms with E-state index in [0.29, 0.717) is 49.9 Å². The predicted molar refractivity (Wildman–Crippen MR) is 118 cm³/mol. The van der Waals surface area contributed by atoms with Crippen molar-refractivity contribution in [1.29, 1.82) is 0 Å². The average molecular weight is 479 g/mol. The molecule has 2 atom stereocenters. The van der Waals surface area contributed by atoms with Crippen molar-refractivity contribution < 1.29 is 18.7 Å². The molecule has 3 aromatic rings. The van der Waals surface area contributed by atoms with Gasteiger partial charge in [0.1, 0.15) is 17.9 Å². The van der Waals surface area contributed by atoms with Crippen molar-refractivity contribution in [2.45, 2.75) is 18.6 Å². The summed E-state index contributed by atoms with van der Waals surface area (Å²) in [6, 6.07) is 2.94. The molecular formula is C22H22FN9O3. The van der Waals surface area contributed by atoms with Gasteiger partial charge in [-0.25, -0.2) is 19.2 Å². The summed E-state index contributed by atoms with van der Waals surface area (Å²) in [5.41, 5.74) is 1.22. The Kier molecular flexibility index (Phi) is 6.30. The van der Waals surface area contributed by atoms with Gasteiger partial charge in [0.25, 0.3) is 11.6 Å². The number of piperazine rings is 1. The van der Waals surface area contributed by atoms with Crippen LogP contribution in [0.5, 0.6) is 5.75 Å². The summed E-state index contributed by atoms with van der Waals surface area (Å²) in [6.45, 7) is 10.1. The minimum absolute atomic E-state index is 0.00699. The van der Waals surface area contributed by atoms with Crippen molar-refractivity contribution in [1.82, 2.24) is 40.0 Å². The molecule has 0 saturated carbocycles. The highest BCUT2D eigenvalue weighted by Crippen LogP contribution is 2.40. The van der Waals surface area contributed by atoms with Gasteiger partial charge >= 0.3 is 0 Å². The molecule has 2 aliphatic rings. The fraction of sp³-hybridized carbons (Fsp3) is 0.409. The van der Waals surface area contributed by atoms with Crippen LogP contribution >= 0.6 is 0 Å². The molecule has 2 saturated heterocycles. The van der Waals surface area contributed by atoms with Crippen LogP contribution in [0.2, 0.25) is 0 Å². The number of morpholine rings is 1. The first kappa shape index (κ1) is 22.8.